The molecule has 0 saturated carbocycles. The number of halogens is 3. The maximum Gasteiger partial charge on any atom is 0.228 e. The number of carbonyl (C=O) groups is 2. The van der Waals surface area contributed by atoms with Gasteiger partial charge >= 0.3 is 0 Å². The zero-order valence-electron chi connectivity index (χ0n) is 24.0. The van der Waals surface area contributed by atoms with Crippen LogP contribution < -0.4 is 14.4 Å². The number of methoxy groups -OCH3 is 1. The van der Waals surface area contributed by atoms with E-state index in [9.17, 15) is 18.4 Å². The predicted octanol–water partition coefficient (Wildman–Crippen LogP) is 7.87. The summed E-state index contributed by atoms with van der Waals surface area (Å²) in [5.41, 5.74) is 2.97. The molecule has 222 valence electrons. The molecule has 1 heterocycles. The second kappa shape index (κ2) is 12.8. The molecule has 1 aliphatic heterocycles. The van der Waals surface area contributed by atoms with E-state index in [2.05, 4.69) is 0 Å². The van der Waals surface area contributed by atoms with Gasteiger partial charge in [0, 0.05) is 37.3 Å². The molecule has 43 heavy (non-hydrogen) atoms. The van der Waals surface area contributed by atoms with Gasteiger partial charge in [0.15, 0.2) is 0 Å². The van der Waals surface area contributed by atoms with Gasteiger partial charge in [-0.15, -0.1) is 0 Å². The largest absolute Gasteiger partial charge is 0.497 e. The van der Waals surface area contributed by atoms with Gasteiger partial charge in [0.1, 0.15) is 28.9 Å². The first-order valence-corrected chi connectivity index (χ1v) is 14.2. The van der Waals surface area contributed by atoms with Crippen LogP contribution in [0.1, 0.15) is 35.6 Å². The van der Waals surface area contributed by atoms with E-state index in [1.165, 1.54) is 41.3 Å². The number of hydrogen-bond acceptors (Lipinski definition) is 4. The molecular weight excluding hydrogens is 574 g/mol. The summed E-state index contributed by atoms with van der Waals surface area (Å²) in [5.74, 6) is -0.704. The minimum Gasteiger partial charge on any atom is -0.497 e. The maximum absolute atomic E-state index is 14.4. The van der Waals surface area contributed by atoms with E-state index in [0.29, 0.717) is 29.2 Å². The van der Waals surface area contributed by atoms with Gasteiger partial charge < -0.3 is 19.3 Å². The standard InChI is InChI=1S/C34H31ClF2N2O4/c1-21-4-9-25(10-5-21)39-32(40)17-14-28(33(39)22-6-11-26(42-3)12-7-22)34(41)38(2)20-23-18-24(36)8-16-31(23)43-27-13-15-30(37)29(35)19-27/h4-13,15-16,18-19,28,33H,14,17,20H2,1-3H3. The predicted molar refractivity (Wildman–Crippen MR) is 161 cm³/mol. The fraction of sp³-hybridized carbons (Fsp3) is 0.235. The van der Waals surface area contributed by atoms with Crippen LogP contribution >= 0.6 is 11.6 Å². The summed E-state index contributed by atoms with van der Waals surface area (Å²) in [6, 6.07) is 22.4. The molecule has 4 aromatic carbocycles. The monoisotopic (exact) mass is 604 g/mol. The number of piperidine rings is 1. The molecule has 1 aliphatic rings. The molecule has 6 nitrogen and oxygen atoms in total. The lowest BCUT2D eigenvalue weighted by Gasteiger charge is -2.42. The molecule has 0 bridgehead atoms. The Morgan fingerprint density at radius 1 is 0.977 bits per heavy atom. The van der Waals surface area contributed by atoms with Crippen molar-refractivity contribution in [2.45, 2.75) is 32.4 Å². The number of aryl methyl sites for hydroxylation is 1. The van der Waals surface area contributed by atoms with Crippen molar-refractivity contribution in [1.82, 2.24) is 4.90 Å². The van der Waals surface area contributed by atoms with E-state index < -0.39 is 23.6 Å². The van der Waals surface area contributed by atoms with Crippen molar-refractivity contribution in [3.8, 4) is 17.2 Å². The molecule has 0 spiro atoms. The molecule has 1 fully saturated rings. The molecule has 5 rings (SSSR count). The van der Waals surface area contributed by atoms with Crippen molar-refractivity contribution in [2.24, 2.45) is 5.92 Å². The highest BCUT2D eigenvalue weighted by atomic mass is 35.5. The lowest BCUT2D eigenvalue weighted by atomic mass is 9.82. The van der Waals surface area contributed by atoms with Crippen LogP contribution in [0.3, 0.4) is 0 Å². The number of carbonyl (C=O) groups excluding carboxylic acids is 2. The fourth-order valence-corrected chi connectivity index (χ4v) is 5.57. The summed E-state index contributed by atoms with van der Waals surface area (Å²) in [6.07, 6.45) is 0.548. The number of ether oxygens (including phenoxy) is 2. The average Bonchev–Trinajstić information content (AvgIpc) is 3.00. The molecule has 0 N–H and O–H groups in total. The molecule has 2 unspecified atom stereocenters. The zero-order valence-corrected chi connectivity index (χ0v) is 24.8. The molecule has 0 aromatic heterocycles. The van der Waals surface area contributed by atoms with E-state index in [1.807, 2.05) is 55.5 Å². The molecule has 2 amide bonds. The third-order valence-corrected chi connectivity index (χ3v) is 7.90. The van der Waals surface area contributed by atoms with Crippen molar-refractivity contribution in [2.75, 3.05) is 19.1 Å². The molecule has 1 saturated heterocycles. The highest BCUT2D eigenvalue weighted by Gasteiger charge is 2.42. The highest BCUT2D eigenvalue weighted by Crippen LogP contribution is 2.41. The lowest BCUT2D eigenvalue weighted by molar-refractivity contribution is -0.137. The van der Waals surface area contributed by atoms with Crippen molar-refractivity contribution in [3.05, 3.63) is 118 Å². The van der Waals surface area contributed by atoms with Crippen LogP contribution in [0, 0.1) is 24.5 Å². The number of hydrogen-bond donors (Lipinski definition) is 0. The van der Waals surface area contributed by atoms with E-state index in [4.69, 9.17) is 21.1 Å². The molecule has 9 heteroatoms. The fourth-order valence-electron chi connectivity index (χ4n) is 5.40. The Hall–Kier alpha value is -4.43. The Morgan fingerprint density at radius 2 is 1.67 bits per heavy atom. The van der Waals surface area contributed by atoms with Crippen LogP contribution in [0.4, 0.5) is 14.5 Å². The summed E-state index contributed by atoms with van der Waals surface area (Å²) in [7, 11) is 3.22. The van der Waals surface area contributed by atoms with E-state index in [-0.39, 0.29) is 35.6 Å². The summed E-state index contributed by atoms with van der Waals surface area (Å²) >= 11 is 5.91. The number of nitrogens with zero attached hydrogens (tertiary/aromatic N) is 2. The van der Waals surface area contributed by atoms with Crippen molar-refractivity contribution in [1.29, 1.82) is 0 Å². The van der Waals surface area contributed by atoms with Crippen LogP contribution in [0.2, 0.25) is 5.02 Å². The van der Waals surface area contributed by atoms with E-state index in [1.54, 1.807) is 19.1 Å². The van der Waals surface area contributed by atoms with Gasteiger partial charge in [0.25, 0.3) is 0 Å². The summed E-state index contributed by atoms with van der Waals surface area (Å²) in [5, 5.41) is -0.108. The molecule has 4 aromatic rings. The minimum atomic E-state index is -0.587. The van der Waals surface area contributed by atoms with Crippen LogP contribution in [-0.2, 0) is 16.1 Å². The van der Waals surface area contributed by atoms with E-state index >= 15 is 0 Å². The van der Waals surface area contributed by atoms with Crippen LogP contribution in [0.15, 0.2) is 84.9 Å². The Bertz CT molecular complexity index is 1630. The average molecular weight is 605 g/mol. The quantitative estimate of drug-likeness (QED) is 0.205. The van der Waals surface area contributed by atoms with E-state index in [0.717, 1.165) is 11.1 Å². The maximum atomic E-state index is 14.4. The van der Waals surface area contributed by atoms with Gasteiger partial charge in [0.05, 0.1) is 24.1 Å². The third-order valence-electron chi connectivity index (χ3n) is 7.61. The van der Waals surface area contributed by atoms with Crippen LogP contribution in [0.5, 0.6) is 17.2 Å². The smallest absolute Gasteiger partial charge is 0.228 e. The Kier molecular flexibility index (Phi) is 8.97. The normalized spacial score (nSPS) is 16.6. The summed E-state index contributed by atoms with van der Waals surface area (Å²) in [6.45, 7) is 2.00. The second-order valence-corrected chi connectivity index (χ2v) is 11.0. The second-order valence-electron chi connectivity index (χ2n) is 10.6. The lowest BCUT2D eigenvalue weighted by Crippen LogP contribution is -2.48. The molecule has 0 aliphatic carbocycles. The minimum absolute atomic E-state index is 0.0329. The van der Waals surface area contributed by atoms with Crippen LogP contribution in [-0.4, -0.2) is 30.9 Å². The number of benzene rings is 4. The van der Waals surface area contributed by atoms with Crippen molar-refractivity contribution in [3.63, 3.8) is 0 Å². The third kappa shape index (κ3) is 6.65. The molecule has 0 radical (unpaired) electrons. The Balaban J connectivity index is 1.46. The van der Waals surface area contributed by atoms with Gasteiger partial charge in [0.2, 0.25) is 11.8 Å². The Morgan fingerprint density at radius 3 is 2.35 bits per heavy atom. The van der Waals surface area contributed by atoms with Gasteiger partial charge in [-0.1, -0.05) is 41.4 Å². The number of rotatable bonds is 8. The Labute approximate surface area is 254 Å². The van der Waals surface area contributed by atoms with Crippen molar-refractivity contribution >= 4 is 29.1 Å². The summed E-state index contributed by atoms with van der Waals surface area (Å²) in [4.78, 5) is 30.8. The SMILES string of the molecule is COc1ccc(C2C(C(=O)N(C)Cc3cc(F)ccc3Oc3ccc(F)c(Cl)c3)CCC(=O)N2c2ccc(C)cc2)cc1. The first kappa shape index (κ1) is 30.0. The topological polar surface area (TPSA) is 59.1 Å². The number of anilines is 1. The van der Waals surface area contributed by atoms with Crippen molar-refractivity contribution < 1.29 is 27.8 Å². The zero-order chi connectivity index (χ0) is 30.7. The van der Waals surface area contributed by atoms with Gasteiger partial charge in [-0.2, -0.15) is 0 Å². The molecule has 2 atom stereocenters. The number of amides is 2. The van der Waals surface area contributed by atoms with Gasteiger partial charge in [-0.3, -0.25) is 9.59 Å². The molecular formula is C34H31ClF2N2O4. The van der Waals surface area contributed by atoms with Gasteiger partial charge in [-0.25, -0.2) is 8.78 Å². The van der Waals surface area contributed by atoms with Gasteiger partial charge in [-0.05, 0) is 73.5 Å². The van der Waals surface area contributed by atoms with Crippen LogP contribution in [0.25, 0.3) is 0 Å². The first-order chi connectivity index (χ1) is 20.6. The summed E-state index contributed by atoms with van der Waals surface area (Å²) < 4.78 is 39.3. The first-order valence-electron chi connectivity index (χ1n) is 13.8. The highest BCUT2D eigenvalue weighted by molar-refractivity contribution is 6.30.